The molecule has 3 nitrogen and oxygen atoms in total. The minimum Gasteiger partial charge on any atom is -0.458 e. The number of aliphatic hydroxyl groups excluding tert-OH is 1. The molecule has 3 aliphatic rings. The molecule has 3 aliphatic carbocycles. The van der Waals surface area contributed by atoms with E-state index in [-0.39, 0.29) is 23.4 Å². The van der Waals surface area contributed by atoms with Crippen LogP contribution in [-0.2, 0) is 4.74 Å². The van der Waals surface area contributed by atoms with Crippen LogP contribution in [-0.4, -0.2) is 23.3 Å². The van der Waals surface area contributed by atoms with Gasteiger partial charge < -0.3 is 9.84 Å². The largest absolute Gasteiger partial charge is 0.458 e. The normalized spacial score (nSPS) is 27.8. The summed E-state index contributed by atoms with van der Waals surface area (Å²) >= 11 is 0. The van der Waals surface area contributed by atoms with Crippen molar-refractivity contribution in [2.75, 3.05) is 0 Å². The van der Waals surface area contributed by atoms with E-state index in [1.807, 2.05) is 42.5 Å². The van der Waals surface area contributed by atoms with Crippen LogP contribution in [0.5, 0.6) is 0 Å². The Morgan fingerprint density at radius 2 is 1.79 bits per heavy atom. The van der Waals surface area contributed by atoms with Crippen LogP contribution in [0.15, 0.2) is 102 Å². The third-order valence-electron chi connectivity index (χ3n) is 9.60. The van der Waals surface area contributed by atoms with Gasteiger partial charge in [0.15, 0.2) is 0 Å². The highest BCUT2D eigenvalue weighted by atomic mass is 16.5. The van der Waals surface area contributed by atoms with Crippen molar-refractivity contribution in [2.24, 2.45) is 23.2 Å². The number of esters is 1. The Labute approximate surface area is 258 Å². The zero-order valence-corrected chi connectivity index (χ0v) is 26.2. The molecule has 0 amide bonds. The molecule has 0 aromatic heterocycles. The number of ether oxygens (including phenoxy) is 1. The number of allylic oxidation sites excluding steroid dienone is 4. The standard InChI is InChI=1S/C40H46O3/c1-27(2)11-9-12-29(4)36-26-37(41)38-32(15-10-24-40(36,38)5)19-22-34-25-35(23-16-28(34)3)43-39(42)33-20-17-31(18-21-33)30-13-7-6-8-14-30/h6-8,13-14,17-22,26-27,29,35,37-38,41H,3,10,12,15-16,23-25H2,1-2,4-5H3/b32-19+,34-22-/t29-,35-,37?,38-,40-/m1/s1. The Morgan fingerprint density at radius 1 is 1.07 bits per heavy atom. The maximum atomic E-state index is 13.0. The summed E-state index contributed by atoms with van der Waals surface area (Å²) in [6.07, 6.45) is 12.2. The molecule has 0 heterocycles. The lowest BCUT2D eigenvalue weighted by molar-refractivity contribution is 0.0270. The fourth-order valence-corrected chi connectivity index (χ4v) is 7.34. The molecule has 5 rings (SSSR count). The first-order chi connectivity index (χ1) is 20.7. The van der Waals surface area contributed by atoms with Crippen molar-refractivity contribution in [3.63, 3.8) is 0 Å². The Morgan fingerprint density at radius 3 is 2.51 bits per heavy atom. The Kier molecular flexibility index (Phi) is 9.58. The molecule has 3 heteroatoms. The molecular formula is C40H46O3. The van der Waals surface area contributed by atoms with Gasteiger partial charge in [0.05, 0.1) is 11.7 Å². The van der Waals surface area contributed by atoms with Crippen molar-refractivity contribution in [1.82, 2.24) is 0 Å². The van der Waals surface area contributed by atoms with Gasteiger partial charge in [0, 0.05) is 24.7 Å². The van der Waals surface area contributed by atoms with Crippen molar-refractivity contribution in [1.29, 1.82) is 0 Å². The summed E-state index contributed by atoms with van der Waals surface area (Å²) in [5.74, 6) is 7.19. The fourth-order valence-electron chi connectivity index (χ4n) is 7.34. The smallest absolute Gasteiger partial charge is 0.338 e. The molecule has 2 aromatic rings. The van der Waals surface area contributed by atoms with Gasteiger partial charge in [0.25, 0.3) is 0 Å². The van der Waals surface area contributed by atoms with E-state index < -0.39 is 6.10 Å². The monoisotopic (exact) mass is 574 g/mol. The molecule has 2 fully saturated rings. The summed E-state index contributed by atoms with van der Waals surface area (Å²) in [5.41, 5.74) is 7.65. The molecule has 0 spiro atoms. The maximum Gasteiger partial charge on any atom is 0.338 e. The lowest BCUT2D eigenvalue weighted by Gasteiger charge is -2.43. The zero-order chi connectivity index (χ0) is 30.6. The number of rotatable bonds is 6. The van der Waals surface area contributed by atoms with Gasteiger partial charge in [0.2, 0.25) is 0 Å². The third kappa shape index (κ3) is 6.97. The summed E-state index contributed by atoms with van der Waals surface area (Å²) in [7, 11) is 0. The van der Waals surface area contributed by atoms with Gasteiger partial charge in [-0.3, -0.25) is 0 Å². The molecule has 2 saturated carbocycles. The van der Waals surface area contributed by atoms with Gasteiger partial charge in [-0.15, -0.1) is 11.8 Å². The van der Waals surface area contributed by atoms with Crippen LogP contribution in [0.1, 0.15) is 83.0 Å². The quantitative estimate of drug-likeness (QED) is 0.212. The summed E-state index contributed by atoms with van der Waals surface area (Å²) < 4.78 is 5.98. The Balaban J connectivity index is 1.26. The Hall–Kier alpha value is -3.61. The van der Waals surface area contributed by atoms with E-state index in [1.165, 1.54) is 11.1 Å². The number of benzene rings is 2. The number of hydrogen-bond donors (Lipinski definition) is 1. The molecular weight excluding hydrogens is 528 g/mol. The molecule has 1 N–H and O–H groups in total. The number of aliphatic hydroxyl groups is 1. The van der Waals surface area contributed by atoms with Crippen molar-refractivity contribution >= 4 is 5.97 Å². The highest BCUT2D eigenvalue weighted by Gasteiger charge is 2.50. The first-order valence-corrected chi connectivity index (χ1v) is 16.0. The lowest BCUT2D eigenvalue weighted by atomic mass is 9.61. The van der Waals surface area contributed by atoms with Crippen molar-refractivity contribution in [3.8, 4) is 23.0 Å². The van der Waals surface area contributed by atoms with E-state index >= 15 is 0 Å². The second-order valence-corrected chi connectivity index (χ2v) is 13.2. The SMILES string of the molecule is C=C1CC[C@@H](OC(=O)c2ccc(-c3ccccc3)cc2)C/C1=C/C=C1\CCC[C@]2(C)C([C@H](C)CC#CC(C)C)=CC(O)[C@@H]12. The van der Waals surface area contributed by atoms with Gasteiger partial charge in [-0.25, -0.2) is 4.79 Å². The van der Waals surface area contributed by atoms with Gasteiger partial charge in [0.1, 0.15) is 6.10 Å². The number of hydrogen-bond acceptors (Lipinski definition) is 3. The van der Waals surface area contributed by atoms with Gasteiger partial charge in [-0.1, -0.05) is 112 Å². The van der Waals surface area contributed by atoms with Crippen LogP contribution in [0, 0.1) is 35.0 Å². The minimum atomic E-state index is -0.470. The Bertz CT molecular complexity index is 1480. The van der Waals surface area contributed by atoms with E-state index in [9.17, 15) is 9.90 Å². The van der Waals surface area contributed by atoms with Crippen molar-refractivity contribution in [3.05, 3.63) is 107 Å². The molecule has 0 aliphatic heterocycles. The van der Waals surface area contributed by atoms with Crippen LogP contribution in [0.4, 0.5) is 0 Å². The molecule has 0 saturated heterocycles. The molecule has 224 valence electrons. The van der Waals surface area contributed by atoms with Crippen molar-refractivity contribution < 1.29 is 14.6 Å². The van der Waals surface area contributed by atoms with Crippen LogP contribution in [0.2, 0.25) is 0 Å². The predicted octanol–water partition coefficient (Wildman–Crippen LogP) is 9.26. The van der Waals surface area contributed by atoms with E-state index in [2.05, 4.69) is 76.5 Å². The van der Waals surface area contributed by atoms with Gasteiger partial charge in [-0.2, -0.15) is 0 Å². The highest BCUT2D eigenvalue weighted by Crippen LogP contribution is 2.57. The molecule has 5 atom stereocenters. The lowest BCUT2D eigenvalue weighted by Crippen LogP contribution is -2.36. The molecule has 43 heavy (non-hydrogen) atoms. The minimum absolute atomic E-state index is 0.0430. The first kappa shape index (κ1) is 30.8. The van der Waals surface area contributed by atoms with Crippen LogP contribution in [0.3, 0.4) is 0 Å². The van der Waals surface area contributed by atoms with E-state index in [1.54, 1.807) is 0 Å². The van der Waals surface area contributed by atoms with E-state index in [0.29, 0.717) is 23.8 Å². The van der Waals surface area contributed by atoms with Crippen LogP contribution in [0.25, 0.3) is 11.1 Å². The third-order valence-corrected chi connectivity index (χ3v) is 9.60. The molecule has 1 unspecified atom stereocenters. The second kappa shape index (κ2) is 13.4. The molecule has 0 radical (unpaired) electrons. The second-order valence-electron chi connectivity index (χ2n) is 13.2. The van der Waals surface area contributed by atoms with Gasteiger partial charge >= 0.3 is 5.97 Å². The van der Waals surface area contributed by atoms with Crippen molar-refractivity contribution in [2.45, 2.75) is 84.8 Å². The van der Waals surface area contributed by atoms with Gasteiger partial charge in [-0.05, 0) is 72.3 Å². The molecule has 2 aromatic carbocycles. The summed E-state index contributed by atoms with van der Waals surface area (Å²) in [4.78, 5) is 13.0. The highest BCUT2D eigenvalue weighted by molar-refractivity contribution is 5.90. The molecule has 0 bridgehead atoms. The maximum absolute atomic E-state index is 13.0. The number of carbonyl (C=O) groups is 1. The van der Waals surface area contributed by atoms with E-state index in [0.717, 1.165) is 60.8 Å². The average Bonchev–Trinajstić information content (AvgIpc) is 3.28. The fraction of sp³-hybridized carbons (Fsp3) is 0.425. The summed E-state index contributed by atoms with van der Waals surface area (Å²) in [6, 6.07) is 17.8. The first-order valence-electron chi connectivity index (χ1n) is 16.0. The zero-order valence-electron chi connectivity index (χ0n) is 26.2. The average molecular weight is 575 g/mol. The summed E-state index contributed by atoms with van der Waals surface area (Å²) in [5, 5.41) is 11.3. The topological polar surface area (TPSA) is 46.5 Å². The van der Waals surface area contributed by atoms with Crippen LogP contribution >= 0.6 is 0 Å². The number of fused-ring (bicyclic) bond motifs is 1. The summed E-state index contributed by atoms with van der Waals surface area (Å²) in [6.45, 7) is 13.2. The van der Waals surface area contributed by atoms with Crippen LogP contribution < -0.4 is 0 Å². The predicted molar refractivity (Wildman–Crippen MR) is 176 cm³/mol. The van der Waals surface area contributed by atoms with E-state index in [4.69, 9.17) is 4.74 Å². The number of carbonyl (C=O) groups excluding carboxylic acids is 1.